The lowest BCUT2D eigenvalue weighted by Gasteiger charge is -2.44. The van der Waals surface area contributed by atoms with Crippen molar-refractivity contribution in [3.05, 3.63) is 285 Å². The fourth-order valence-electron chi connectivity index (χ4n) is 26.3. The summed E-state index contributed by atoms with van der Waals surface area (Å²) in [4.78, 5) is 10.6. The lowest BCUT2D eigenvalue weighted by Crippen LogP contribution is -2.61. The van der Waals surface area contributed by atoms with E-state index in [-0.39, 0.29) is 67.6 Å². The first-order valence-electron chi connectivity index (χ1n) is 44.7. The maximum absolute atomic E-state index is 8.08. The highest BCUT2D eigenvalue weighted by Gasteiger charge is 2.55. The lowest BCUT2D eigenvalue weighted by atomic mass is 9.35. The average molecular weight is 1580 g/mol. The molecular formula is C113H108B2N4O2. The highest BCUT2D eigenvalue weighted by Crippen LogP contribution is 2.61. The third kappa shape index (κ3) is 9.75. The highest BCUT2D eigenvalue weighted by atomic mass is 16.3. The van der Waals surface area contributed by atoms with Crippen LogP contribution in [0.5, 0.6) is 0 Å². The van der Waals surface area contributed by atoms with Gasteiger partial charge in [0.05, 0.1) is 28.4 Å². The number of anilines is 12. The summed E-state index contributed by atoms with van der Waals surface area (Å²) in [6, 6.07) is 87.7. The van der Waals surface area contributed by atoms with Crippen molar-refractivity contribution in [1.82, 2.24) is 0 Å². The summed E-state index contributed by atoms with van der Waals surface area (Å²) >= 11 is 0. The van der Waals surface area contributed by atoms with Gasteiger partial charge in [-0.1, -0.05) is 255 Å². The highest BCUT2D eigenvalue weighted by molar-refractivity contribution is 7.01. The first kappa shape index (κ1) is 73.7. The third-order valence-corrected chi connectivity index (χ3v) is 31.4. The normalized spacial score (nSPS) is 18.8. The smallest absolute Gasteiger partial charge is 0.297 e. The molecule has 5 aliphatic carbocycles. The zero-order valence-electron chi connectivity index (χ0n) is 74.7. The molecular weight excluding hydrogens is 1470 g/mol. The molecule has 0 saturated heterocycles. The fourth-order valence-corrected chi connectivity index (χ4v) is 26.3. The van der Waals surface area contributed by atoms with Gasteiger partial charge in [0.25, 0.3) is 13.4 Å². The Morgan fingerprint density at radius 3 is 1.17 bits per heavy atom. The molecule has 8 heteroatoms. The van der Waals surface area contributed by atoms with Crippen molar-refractivity contribution >= 4 is 158 Å². The van der Waals surface area contributed by atoms with E-state index in [0.29, 0.717) is 0 Å². The summed E-state index contributed by atoms with van der Waals surface area (Å²) in [5, 5.41) is 6.99. The molecule has 598 valence electrons. The van der Waals surface area contributed by atoms with Gasteiger partial charge >= 0.3 is 0 Å². The van der Waals surface area contributed by atoms with Gasteiger partial charge in [0.1, 0.15) is 11.2 Å². The van der Waals surface area contributed by atoms with Gasteiger partial charge in [0.2, 0.25) is 0 Å². The SMILES string of the molecule is CC(C)(C)c1ccc(N2c3cccc4c3B(c3cc5cc6cc7c8c(c6cc5cc3N4c3ccc4c(c3)C(C)(C)CC4(C)C)N(c3ccc4c(c3)C(C)(C)CC4(C)C)c3cc4c(cc3B8c3oc5cc6c(cc5c3N7c3ccc(C(C)(C)C)cc3)-c3ccccc3C6(C)C)C(C)(C)CC4(C)C)c3oc4cc5c(cc4c32)-c2ccccc2C5(C)C)cc1. The molecule has 0 N–H and O–H groups in total. The van der Waals surface area contributed by atoms with Crippen LogP contribution in [0.1, 0.15) is 238 Å². The monoisotopic (exact) mass is 1570 g/mol. The molecule has 4 aliphatic heterocycles. The Bertz CT molecular complexity index is 7230. The third-order valence-electron chi connectivity index (χ3n) is 31.4. The van der Waals surface area contributed by atoms with E-state index >= 15 is 0 Å². The predicted octanol–water partition coefficient (Wildman–Crippen LogP) is 26.7. The van der Waals surface area contributed by atoms with Gasteiger partial charge in [0.15, 0.2) is 0 Å². The Morgan fingerprint density at radius 1 is 0.273 bits per heavy atom. The molecule has 6 nitrogen and oxygen atoms in total. The standard InChI is InChI=1S/C113H108B2N4O2/c1-104(2,3)65-34-38-67(39-35-65)117-91-33-27-32-90-97(91)114(102-100(117)76-53-74-71-28-23-25-30-78(71)112(19,20)82(74)57-95(76)120-102)88-48-62-46-64-50-94-98-99(73(64)47-63(62)49-92(88)116(90)69-42-44-80-84(51-69)108(11,12)59-106(80,7)8)119(70-43-45-81-85(52-70)109(13,14)60-107(81,9)10)93-56-87-86(110(15,16)61-111(87,17)18)55-89(93)115(98)103-101(118(94)68-40-36-66(37-41-68)105(4,5)6)77-54-75-72-29-24-26-31-79(72)113(21,22)83(75)58-96(77)121-103/h23-58H,59-61H2,1-22H3. The zero-order chi connectivity index (χ0) is 83.7. The maximum atomic E-state index is 8.08. The molecule has 0 spiro atoms. The Labute approximate surface area is 715 Å². The number of furan rings is 2. The van der Waals surface area contributed by atoms with Crippen molar-refractivity contribution in [2.75, 3.05) is 19.6 Å². The first-order valence-corrected chi connectivity index (χ1v) is 44.7. The molecule has 6 heterocycles. The second kappa shape index (κ2) is 23.1. The van der Waals surface area contributed by atoms with Crippen LogP contribution in [0.15, 0.2) is 227 Å². The van der Waals surface area contributed by atoms with E-state index in [0.717, 1.165) is 98.0 Å². The molecule has 9 aliphatic rings. The minimum Gasteiger partial charge on any atom is -0.468 e. The van der Waals surface area contributed by atoms with Gasteiger partial charge < -0.3 is 28.4 Å². The van der Waals surface area contributed by atoms with Gasteiger partial charge in [0, 0.05) is 78.2 Å². The van der Waals surface area contributed by atoms with E-state index in [1.807, 2.05) is 0 Å². The van der Waals surface area contributed by atoms with E-state index in [9.17, 15) is 0 Å². The molecule has 121 heavy (non-hydrogen) atoms. The molecule has 0 fully saturated rings. The zero-order valence-corrected chi connectivity index (χ0v) is 74.7. The average Bonchev–Trinajstić information content (AvgIpc) is 1.57. The van der Waals surface area contributed by atoms with Gasteiger partial charge in [-0.2, -0.15) is 0 Å². The van der Waals surface area contributed by atoms with Crippen molar-refractivity contribution < 1.29 is 8.83 Å². The Kier molecular flexibility index (Phi) is 14.1. The van der Waals surface area contributed by atoms with E-state index in [2.05, 4.69) is 390 Å². The maximum Gasteiger partial charge on any atom is 0.297 e. The van der Waals surface area contributed by atoms with Gasteiger partial charge in [-0.05, 0) is 305 Å². The number of fused-ring (bicyclic) bond motifs is 24. The molecule has 0 amide bonds. The van der Waals surface area contributed by atoms with Crippen molar-refractivity contribution in [2.45, 2.75) is 226 Å². The Hall–Kier alpha value is -11.2. The first-order chi connectivity index (χ1) is 57.2. The summed E-state index contributed by atoms with van der Waals surface area (Å²) in [5.41, 5.74) is 43.5. The van der Waals surface area contributed by atoms with Crippen molar-refractivity contribution in [1.29, 1.82) is 0 Å². The Morgan fingerprint density at radius 2 is 0.669 bits per heavy atom. The molecule has 24 rings (SSSR count). The number of hydrogen-bond donors (Lipinski definition) is 0. The number of hydrogen-bond acceptors (Lipinski definition) is 6. The van der Waals surface area contributed by atoms with Crippen LogP contribution in [0.25, 0.3) is 65.7 Å². The fraction of sp³-hybridized carbons (Fsp3) is 0.310. The molecule has 0 bridgehead atoms. The van der Waals surface area contributed by atoms with Crippen molar-refractivity contribution in [3.63, 3.8) is 0 Å². The molecule has 0 atom stereocenters. The van der Waals surface area contributed by atoms with Crippen molar-refractivity contribution in [2.24, 2.45) is 0 Å². The van der Waals surface area contributed by atoms with Crippen LogP contribution in [0.3, 0.4) is 0 Å². The van der Waals surface area contributed by atoms with Crippen LogP contribution < -0.4 is 52.8 Å². The van der Waals surface area contributed by atoms with Gasteiger partial charge in [-0.3, -0.25) is 0 Å². The number of rotatable bonds is 4. The number of nitrogens with zero attached hydrogens (tertiary/aromatic N) is 4. The van der Waals surface area contributed by atoms with Crippen LogP contribution in [0, 0.1) is 0 Å². The van der Waals surface area contributed by atoms with Gasteiger partial charge in [-0.25, -0.2) is 0 Å². The summed E-state index contributed by atoms with van der Waals surface area (Å²) < 4.78 is 16.1. The second-order valence-corrected chi connectivity index (χ2v) is 45.0. The second-order valence-electron chi connectivity index (χ2n) is 45.0. The largest absolute Gasteiger partial charge is 0.468 e. The van der Waals surface area contributed by atoms with Crippen LogP contribution in [0.4, 0.5) is 68.2 Å². The topological polar surface area (TPSA) is 39.2 Å². The van der Waals surface area contributed by atoms with E-state index in [1.165, 1.54) is 155 Å². The van der Waals surface area contributed by atoms with E-state index < -0.39 is 0 Å². The number of benzene rings is 13. The molecule has 0 radical (unpaired) electrons. The molecule has 0 unspecified atom stereocenters. The molecule has 15 aromatic rings. The molecule has 13 aromatic carbocycles. The van der Waals surface area contributed by atoms with Crippen LogP contribution in [0.2, 0.25) is 0 Å². The molecule has 2 aromatic heterocycles. The van der Waals surface area contributed by atoms with Crippen LogP contribution in [-0.2, 0) is 54.1 Å². The van der Waals surface area contributed by atoms with Crippen LogP contribution >= 0.6 is 0 Å². The minimum absolute atomic E-state index is 0.00165. The van der Waals surface area contributed by atoms with Crippen LogP contribution in [-0.4, -0.2) is 13.4 Å². The van der Waals surface area contributed by atoms with E-state index in [1.54, 1.807) is 0 Å². The summed E-state index contributed by atoms with van der Waals surface area (Å²) in [6.07, 6.45) is 3.18. The Balaban J connectivity index is 0.830. The van der Waals surface area contributed by atoms with E-state index in [4.69, 9.17) is 8.83 Å². The van der Waals surface area contributed by atoms with Gasteiger partial charge in [-0.15, -0.1) is 0 Å². The minimum atomic E-state index is -0.300. The summed E-state index contributed by atoms with van der Waals surface area (Å²) in [5.74, 6) is 0. The quantitative estimate of drug-likeness (QED) is 0.129. The summed E-state index contributed by atoms with van der Waals surface area (Å²) in [6.45, 7) is 52.6. The lowest BCUT2D eigenvalue weighted by molar-refractivity contribution is 0.402. The summed E-state index contributed by atoms with van der Waals surface area (Å²) in [7, 11) is 0. The van der Waals surface area contributed by atoms with Crippen molar-refractivity contribution in [3.8, 4) is 22.3 Å². The molecule has 0 saturated carbocycles. The predicted molar refractivity (Wildman–Crippen MR) is 514 cm³/mol.